The molecule has 1 aromatic rings. The summed E-state index contributed by atoms with van der Waals surface area (Å²) >= 11 is 5.86. The Hall–Kier alpha value is -0.490. The third-order valence-corrected chi connectivity index (χ3v) is 3.48. The van der Waals surface area contributed by atoms with Crippen LogP contribution in [0.3, 0.4) is 0 Å². The third kappa shape index (κ3) is 7.44. The average Bonchev–Trinajstić information content (AvgIpc) is 2.35. The molecular formula is C16H25Cl. The van der Waals surface area contributed by atoms with Crippen molar-refractivity contribution in [2.24, 2.45) is 0 Å². The molecule has 0 nitrogen and oxygen atoms in total. The van der Waals surface area contributed by atoms with Crippen LogP contribution in [0.4, 0.5) is 0 Å². The minimum absolute atomic E-state index is 0.838. The fourth-order valence-electron chi connectivity index (χ4n) is 2.11. The Morgan fingerprint density at radius 2 is 1.29 bits per heavy atom. The van der Waals surface area contributed by atoms with Crippen LogP contribution in [0.15, 0.2) is 24.3 Å². The lowest BCUT2D eigenvalue weighted by Gasteiger charge is -2.02. The molecule has 0 aromatic heterocycles. The number of halogens is 1. The zero-order valence-corrected chi connectivity index (χ0v) is 11.8. The first-order valence-corrected chi connectivity index (χ1v) is 7.45. The quantitative estimate of drug-likeness (QED) is 0.471. The van der Waals surface area contributed by atoms with Gasteiger partial charge in [0.05, 0.1) is 0 Å². The van der Waals surface area contributed by atoms with Gasteiger partial charge in [-0.05, 0) is 30.5 Å². The van der Waals surface area contributed by atoms with Crippen molar-refractivity contribution >= 4 is 11.6 Å². The molecule has 0 aliphatic carbocycles. The van der Waals surface area contributed by atoms with E-state index in [9.17, 15) is 0 Å². The predicted octanol–water partition coefficient (Wildman–Crippen LogP) is 6.02. The maximum absolute atomic E-state index is 5.86. The second-order valence-corrected chi connectivity index (χ2v) is 5.29. The zero-order chi connectivity index (χ0) is 12.3. The normalized spacial score (nSPS) is 10.7. The molecule has 0 heterocycles. The molecule has 0 bridgehead atoms. The Kier molecular flexibility index (Phi) is 8.17. The first kappa shape index (κ1) is 14.6. The van der Waals surface area contributed by atoms with Crippen LogP contribution in [0, 0.1) is 0 Å². The molecule has 0 N–H and O–H groups in total. The van der Waals surface area contributed by atoms with Gasteiger partial charge in [-0.25, -0.2) is 0 Å². The van der Waals surface area contributed by atoms with Gasteiger partial charge < -0.3 is 0 Å². The molecule has 1 rings (SSSR count). The number of hydrogen-bond acceptors (Lipinski definition) is 0. The number of hydrogen-bond donors (Lipinski definition) is 0. The fourth-order valence-corrected chi connectivity index (χ4v) is 2.24. The Morgan fingerprint density at radius 3 is 1.88 bits per heavy atom. The van der Waals surface area contributed by atoms with Gasteiger partial charge in [0.25, 0.3) is 0 Å². The van der Waals surface area contributed by atoms with Gasteiger partial charge in [0.15, 0.2) is 0 Å². The highest BCUT2D eigenvalue weighted by Crippen LogP contribution is 2.13. The third-order valence-electron chi connectivity index (χ3n) is 3.23. The van der Waals surface area contributed by atoms with Crippen LogP contribution in [0.1, 0.15) is 63.9 Å². The Morgan fingerprint density at radius 1 is 0.765 bits per heavy atom. The smallest absolute Gasteiger partial charge is 0.0406 e. The van der Waals surface area contributed by atoms with Gasteiger partial charge in [-0.3, -0.25) is 0 Å². The SMILES string of the molecule is CCCCCCCCCCc1ccc(Cl)cc1. The highest BCUT2D eigenvalue weighted by atomic mass is 35.5. The van der Waals surface area contributed by atoms with Crippen molar-refractivity contribution in [3.05, 3.63) is 34.9 Å². The van der Waals surface area contributed by atoms with Crippen LogP contribution < -0.4 is 0 Å². The van der Waals surface area contributed by atoms with Gasteiger partial charge in [-0.1, -0.05) is 75.6 Å². The van der Waals surface area contributed by atoms with E-state index in [1.807, 2.05) is 12.1 Å². The monoisotopic (exact) mass is 252 g/mol. The van der Waals surface area contributed by atoms with Crippen molar-refractivity contribution in [2.75, 3.05) is 0 Å². The summed E-state index contributed by atoms with van der Waals surface area (Å²) in [5.74, 6) is 0. The molecule has 0 atom stereocenters. The van der Waals surface area contributed by atoms with E-state index in [0.29, 0.717) is 0 Å². The molecule has 0 spiro atoms. The van der Waals surface area contributed by atoms with Gasteiger partial charge in [0.1, 0.15) is 0 Å². The van der Waals surface area contributed by atoms with E-state index in [0.717, 1.165) is 5.02 Å². The summed E-state index contributed by atoms with van der Waals surface area (Å²) in [6, 6.07) is 8.26. The van der Waals surface area contributed by atoms with Crippen molar-refractivity contribution < 1.29 is 0 Å². The lowest BCUT2D eigenvalue weighted by atomic mass is 10.0. The van der Waals surface area contributed by atoms with Crippen molar-refractivity contribution in [3.8, 4) is 0 Å². The molecule has 0 saturated heterocycles. The fraction of sp³-hybridized carbons (Fsp3) is 0.625. The molecule has 0 fully saturated rings. The van der Waals surface area contributed by atoms with E-state index in [2.05, 4.69) is 19.1 Å². The lowest BCUT2D eigenvalue weighted by molar-refractivity contribution is 0.575. The number of unbranched alkanes of at least 4 members (excludes halogenated alkanes) is 7. The van der Waals surface area contributed by atoms with Crippen LogP contribution in [0.5, 0.6) is 0 Å². The van der Waals surface area contributed by atoms with Crippen molar-refractivity contribution in [1.29, 1.82) is 0 Å². The Labute approximate surface area is 111 Å². The number of rotatable bonds is 9. The van der Waals surface area contributed by atoms with E-state index >= 15 is 0 Å². The van der Waals surface area contributed by atoms with Gasteiger partial charge in [-0.2, -0.15) is 0 Å². The van der Waals surface area contributed by atoms with E-state index in [4.69, 9.17) is 11.6 Å². The van der Waals surface area contributed by atoms with Crippen LogP contribution in [0.2, 0.25) is 5.02 Å². The maximum atomic E-state index is 5.86. The van der Waals surface area contributed by atoms with Gasteiger partial charge in [-0.15, -0.1) is 0 Å². The van der Waals surface area contributed by atoms with Gasteiger partial charge in [0, 0.05) is 5.02 Å². The maximum Gasteiger partial charge on any atom is 0.0406 e. The summed E-state index contributed by atoms with van der Waals surface area (Å²) in [5, 5.41) is 0.838. The zero-order valence-electron chi connectivity index (χ0n) is 11.1. The average molecular weight is 253 g/mol. The summed E-state index contributed by atoms with van der Waals surface area (Å²) in [6.45, 7) is 2.27. The van der Waals surface area contributed by atoms with Crippen molar-refractivity contribution in [2.45, 2.75) is 64.7 Å². The van der Waals surface area contributed by atoms with Gasteiger partial charge in [0.2, 0.25) is 0 Å². The molecule has 0 aliphatic heterocycles. The topological polar surface area (TPSA) is 0 Å². The van der Waals surface area contributed by atoms with E-state index in [1.165, 1.54) is 63.4 Å². The van der Waals surface area contributed by atoms with E-state index in [1.54, 1.807) is 0 Å². The minimum Gasteiger partial charge on any atom is -0.0843 e. The Bertz CT molecular complexity index is 276. The lowest BCUT2D eigenvalue weighted by Crippen LogP contribution is -1.86. The Balaban J connectivity index is 1.95. The molecule has 17 heavy (non-hydrogen) atoms. The minimum atomic E-state index is 0.838. The summed E-state index contributed by atoms with van der Waals surface area (Å²) < 4.78 is 0. The molecule has 0 aliphatic rings. The molecule has 1 aromatic carbocycles. The highest BCUT2D eigenvalue weighted by Gasteiger charge is 1.94. The number of aryl methyl sites for hydroxylation is 1. The van der Waals surface area contributed by atoms with E-state index < -0.39 is 0 Å². The van der Waals surface area contributed by atoms with Crippen LogP contribution >= 0.6 is 11.6 Å². The number of benzene rings is 1. The molecule has 0 radical (unpaired) electrons. The second kappa shape index (κ2) is 9.53. The summed E-state index contributed by atoms with van der Waals surface area (Å²) in [4.78, 5) is 0. The molecule has 96 valence electrons. The summed E-state index contributed by atoms with van der Waals surface area (Å²) in [6.07, 6.45) is 12.3. The largest absolute Gasteiger partial charge is 0.0843 e. The second-order valence-electron chi connectivity index (χ2n) is 4.85. The van der Waals surface area contributed by atoms with Crippen molar-refractivity contribution in [3.63, 3.8) is 0 Å². The predicted molar refractivity (Wildman–Crippen MR) is 77.8 cm³/mol. The molecule has 1 heteroatoms. The highest BCUT2D eigenvalue weighted by molar-refractivity contribution is 6.30. The van der Waals surface area contributed by atoms with Crippen LogP contribution in [0.25, 0.3) is 0 Å². The molecule has 0 amide bonds. The van der Waals surface area contributed by atoms with Gasteiger partial charge >= 0.3 is 0 Å². The van der Waals surface area contributed by atoms with Crippen molar-refractivity contribution in [1.82, 2.24) is 0 Å². The van der Waals surface area contributed by atoms with E-state index in [-0.39, 0.29) is 0 Å². The molecule has 0 unspecified atom stereocenters. The molecular weight excluding hydrogens is 228 g/mol. The van der Waals surface area contributed by atoms with Crippen LogP contribution in [-0.4, -0.2) is 0 Å². The first-order valence-electron chi connectivity index (χ1n) is 7.07. The summed E-state index contributed by atoms with van der Waals surface area (Å²) in [7, 11) is 0. The first-order chi connectivity index (χ1) is 8.33. The molecule has 0 saturated carbocycles. The van der Waals surface area contributed by atoms with Crippen LogP contribution in [-0.2, 0) is 6.42 Å². The summed E-state index contributed by atoms with van der Waals surface area (Å²) in [5.41, 5.74) is 1.42. The standard InChI is InChI=1S/C16H25Cl/c1-2-3-4-5-6-7-8-9-10-15-11-13-16(17)14-12-15/h11-14H,2-10H2,1H3.